The number of aryl methyl sites for hydroxylation is 1. The summed E-state index contributed by atoms with van der Waals surface area (Å²) in [6.07, 6.45) is 2.51. The molecule has 1 aromatic heterocycles. The quantitative estimate of drug-likeness (QED) is 0.732. The first kappa shape index (κ1) is 8.50. The van der Waals surface area contributed by atoms with E-state index in [1.54, 1.807) is 6.20 Å². The standard InChI is InChI=1S/C8H11ClN2/c1-6-3-5-11-7(2-4-10)8(6)9/h3,5H,2,4,10H2,1H3. The van der Waals surface area contributed by atoms with Gasteiger partial charge in [-0.05, 0) is 25.1 Å². The van der Waals surface area contributed by atoms with Gasteiger partial charge in [-0.3, -0.25) is 4.98 Å². The molecule has 2 N–H and O–H groups in total. The Morgan fingerprint density at radius 1 is 1.64 bits per heavy atom. The van der Waals surface area contributed by atoms with Crippen LogP contribution in [0.25, 0.3) is 0 Å². The summed E-state index contributed by atoms with van der Waals surface area (Å²) in [6.45, 7) is 2.56. The number of nitrogens with zero attached hydrogens (tertiary/aromatic N) is 1. The zero-order chi connectivity index (χ0) is 8.27. The maximum absolute atomic E-state index is 5.95. The fourth-order valence-electron chi connectivity index (χ4n) is 0.907. The fourth-order valence-corrected chi connectivity index (χ4v) is 1.11. The van der Waals surface area contributed by atoms with Crippen LogP contribution in [0, 0.1) is 6.92 Å². The summed E-state index contributed by atoms with van der Waals surface area (Å²) in [5, 5.41) is 0.748. The minimum absolute atomic E-state index is 0.593. The molecule has 0 aliphatic rings. The average Bonchev–Trinajstić information content (AvgIpc) is 1.99. The van der Waals surface area contributed by atoms with Crippen LogP contribution in [-0.4, -0.2) is 11.5 Å². The van der Waals surface area contributed by atoms with Gasteiger partial charge in [0, 0.05) is 12.6 Å². The van der Waals surface area contributed by atoms with E-state index in [-0.39, 0.29) is 0 Å². The Morgan fingerprint density at radius 2 is 2.36 bits per heavy atom. The molecular weight excluding hydrogens is 160 g/mol. The SMILES string of the molecule is Cc1ccnc(CCN)c1Cl. The maximum atomic E-state index is 5.95. The van der Waals surface area contributed by atoms with Crippen molar-refractivity contribution in [2.45, 2.75) is 13.3 Å². The van der Waals surface area contributed by atoms with E-state index >= 15 is 0 Å². The number of halogens is 1. The summed E-state index contributed by atoms with van der Waals surface area (Å²) in [7, 11) is 0. The van der Waals surface area contributed by atoms with Gasteiger partial charge >= 0.3 is 0 Å². The van der Waals surface area contributed by atoms with Crippen molar-refractivity contribution in [2.75, 3.05) is 6.54 Å². The van der Waals surface area contributed by atoms with Crippen LogP contribution in [0.5, 0.6) is 0 Å². The Hall–Kier alpha value is -0.600. The van der Waals surface area contributed by atoms with Gasteiger partial charge in [-0.2, -0.15) is 0 Å². The lowest BCUT2D eigenvalue weighted by Crippen LogP contribution is -2.05. The Labute approximate surface area is 71.4 Å². The van der Waals surface area contributed by atoms with Crippen LogP contribution in [0.3, 0.4) is 0 Å². The first-order valence-corrected chi connectivity index (χ1v) is 3.93. The number of nitrogens with two attached hydrogens (primary N) is 1. The summed E-state index contributed by atoms with van der Waals surface area (Å²) in [5.74, 6) is 0. The Morgan fingerprint density at radius 3 is 3.00 bits per heavy atom. The molecule has 0 aliphatic heterocycles. The lowest BCUT2D eigenvalue weighted by atomic mass is 10.2. The predicted octanol–water partition coefficient (Wildman–Crippen LogP) is 1.54. The molecule has 1 rings (SSSR count). The second kappa shape index (κ2) is 3.69. The van der Waals surface area contributed by atoms with Gasteiger partial charge in [0.15, 0.2) is 0 Å². The van der Waals surface area contributed by atoms with E-state index in [9.17, 15) is 0 Å². The highest BCUT2D eigenvalue weighted by Gasteiger charge is 2.01. The van der Waals surface area contributed by atoms with Gasteiger partial charge in [0.05, 0.1) is 10.7 Å². The zero-order valence-electron chi connectivity index (χ0n) is 6.47. The molecular formula is C8H11ClN2. The Kier molecular flexibility index (Phi) is 2.85. The Balaban J connectivity index is 2.96. The number of rotatable bonds is 2. The molecule has 3 heteroatoms. The van der Waals surface area contributed by atoms with Gasteiger partial charge in [-0.15, -0.1) is 0 Å². The summed E-state index contributed by atoms with van der Waals surface area (Å²) in [5.41, 5.74) is 7.34. The summed E-state index contributed by atoms with van der Waals surface area (Å²) in [6, 6.07) is 1.89. The third-order valence-electron chi connectivity index (χ3n) is 1.54. The molecule has 0 aliphatic carbocycles. The molecule has 0 fully saturated rings. The first-order valence-electron chi connectivity index (χ1n) is 3.55. The number of hydrogen-bond donors (Lipinski definition) is 1. The molecule has 0 bridgehead atoms. The Bertz CT molecular complexity index is 248. The summed E-state index contributed by atoms with van der Waals surface area (Å²) in [4.78, 5) is 4.12. The molecule has 0 unspecified atom stereocenters. The topological polar surface area (TPSA) is 38.9 Å². The minimum atomic E-state index is 0.593. The molecule has 0 atom stereocenters. The van der Waals surface area contributed by atoms with Crippen LogP contribution in [0.15, 0.2) is 12.3 Å². The average molecular weight is 171 g/mol. The zero-order valence-corrected chi connectivity index (χ0v) is 7.23. The molecule has 0 saturated carbocycles. The summed E-state index contributed by atoms with van der Waals surface area (Å²) < 4.78 is 0. The van der Waals surface area contributed by atoms with Crippen molar-refractivity contribution < 1.29 is 0 Å². The van der Waals surface area contributed by atoms with E-state index in [0.29, 0.717) is 6.54 Å². The molecule has 0 saturated heterocycles. The van der Waals surface area contributed by atoms with Crippen molar-refractivity contribution in [3.63, 3.8) is 0 Å². The van der Waals surface area contributed by atoms with Gasteiger partial charge in [0.2, 0.25) is 0 Å². The highest BCUT2D eigenvalue weighted by molar-refractivity contribution is 6.31. The second-order valence-electron chi connectivity index (χ2n) is 2.43. The fraction of sp³-hybridized carbons (Fsp3) is 0.375. The largest absolute Gasteiger partial charge is 0.330 e. The van der Waals surface area contributed by atoms with Crippen LogP contribution in [0.2, 0.25) is 5.02 Å². The van der Waals surface area contributed by atoms with Gasteiger partial charge in [0.25, 0.3) is 0 Å². The molecule has 0 radical (unpaired) electrons. The first-order chi connectivity index (χ1) is 5.25. The molecule has 11 heavy (non-hydrogen) atoms. The normalized spacial score (nSPS) is 10.1. The highest BCUT2D eigenvalue weighted by atomic mass is 35.5. The highest BCUT2D eigenvalue weighted by Crippen LogP contribution is 2.17. The van der Waals surface area contributed by atoms with Crippen LogP contribution < -0.4 is 5.73 Å². The van der Waals surface area contributed by atoms with E-state index in [1.807, 2.05) is 13.0 Å². The van der Waals surface area contributed by atoms with Gasteiger partial charge in [0.1, 0.15) is 0 Å². The molecule has 1 aromatic rings. The van der Waals surface area contributed by atoms with E-state index < -0.39 is 0 Å². The van der Waals surface area contributed by atoms with Gasteiger partial charge in [-0.1, -0.05) is 11.6 Å². The van der Waals surface area contributed by atoms with E-state index in [2.05, 4.69) is 4.98 Å². The molecule has 2 nitrogen and oxygen atoms in total. The molecule has 0 amide bonds. The third-order valence-corrected chi connectivity index (χ3v) is 2.05. The molecule has 0 aromatic carbocycles. The monoisotopic (exact) mass is 170 g/mol. The maximum Gasteiger partial charge on any atom is 0.0651 e. The number of aromatic nitrogens is 1. The summed E-state index contributed by atoms with van der Waals surface area (Å²) >= 11 is 5.95. The van der Waals surface area contributed by atoms with Crippen molar-refractivity contribution in [3.05, 3.63) is 28.5 Å². The van der Waals surface area contributed by atoms with Crippen LogP contribution in [0.1, 0.15) is 11.3 Å². The number of pyridine rings is 1. The third kappa shape index (κ3) is 1.91. The predicted molar refractivity (Wildman–Crippen MR) is 46.7 cm³/mol. The lowest BCUT2D eigenvalue weighted by Gasteiger charge is -2.02. The molecule has 0 spiro atoms. The lowest BCUT2D eigenvalue weighted by molar-refractivity contribution is 0.920. The smallest absolute Gasteiger partial charge is 0.0651 e. The van der Waals surface area contributed by atoms with Crippen molar-refractivity contribution in [2.24, 2.45) is 5.73 Å². The van der Waals surface area contributed by atoms with E-state index in [1.165, 1.54) is 0 Å². The van der Waals surface area contributed by atoms with Crippen LogP contribution >= 0.6 is 11.6 Å². The number of hydrogen-bond acceptors (Lipinski definition) is 2. The second-order valence-corrected chi connectivity index (χ2v) is 2.81. The van der Waals surface area contributed by atoms with E-state index in [4.69, 9.17) is 17.3 Å². The van der Waals surface area contributed by atoms with Gasteiger partial charge < -0.3 is 5.73 Å². The van der Waals surface area contributed by atoms with Crippen molar-refractivity contribution >= 4 is 11.6 Å². The van der Waals surface area contributed by atoms with Crippen LogP contribution in [-0.2, 0) is 6.42 Å². The minimum Gasteiger partial charge on any atom is -0.330 e. The van der Waals surface area contributed by atoms with Crippen molar-refractivity contribution in [1.82, 2.24) is 4.98 Å². The van der Waals surface area contributed by atoms with Crippen LogP contribution in [0.4, 0.5) is 0 Å². The molecule has 60 valence electrons. The van der Waals surface area contributed by atoms with Crippen molar-refractivity contribution in [1.29, 1.82) is 0 Å². The molecule has 1 heterocycles. The van der Waals surface area contributed by atoms with Crippen molar-refractivity contribution in [3.8, 4) is 0 Å². The van der Waals surface area contributed by atoms with Gasteiger partial charge in [-0.25, -0.2) is 0 Å². The van der Waals surface area contributed by atoms with E-state index in [0.717, 1.165) is 22.7 Å².